The molecule has 0 bridgehead atoms. The van der Waals surface area contributed by atoms with Gasteiger partial charge in [-0.15, -0.1) is 0 Å². The molecule has 17 heavy (non-hydrogen) atoms. The van der Waals surface area contributed by atoms with Crippen molar-refractivity contribution in [2.75, 3.05) is 11.9 Å². The van der Waals surface area contributed by atoms with E-state index in [4.69, 9.17) is 29.6 Å². The van der Waals surface area contributed by atoms with Gasteiger partial charge in [-0.2, -0.15) is 0 Å². The van der Waals surface area contributed by atoms with Gasteiger partial charge in [0.1, 0.15) is 4.99 Å². The van der Waals surface area contributed by atoms with Gasteiger partial charge in [0.2, 0.25) is 0 Å². The van der Waals surface area contributed by atoms with Crippen molar-refractivity contribution in [1.29, 1.82) is 0 Å². The average molecular weight is 271 g/mol. The Labute approximate surface area is 114 Å². The molecule has 0 amide bonds. The Hall–Kier alpha value is -0.800. The minimum atomic E-state index is 0.329. The van der Waals surface area contributed by atoms with E-state index in [9.17, 15) is 0 Å². The molecule has 1 rings (SSSR count). The highest BCUT2D eigenvalue weighted by Crippen LogP contribution is 2.22. The molecule has 0 saturated heterocycles. The van der Waals surface area contributed by atoms with E-state index < -0.39 is 0 Å². The first kappa shape index (κ1) is 14.3. The van der Waals surface area contributed by atoms with Gasteiger partial charge in [0.15, 0.2) is 0 Å². The van der Waals surface area contributed by atoms with E-state index in [1.165, 1.54) is 0 Å². The van der Waals surface area contributed by atoms with E-state index in [-0.39, 0.29) is 0 Å². The van der Waals surface area contributed by atoms with Crippen LogP contribution < -0.4 is 11.1 Å². The summed E-state index contributed by atoms with van der Waals surface area (Å²) >= 11 is 11.0. The van der Waals surface area contributed by atoms with E-state index in [0.717, 1.165) is 24.2 Å². The van der Waals surface area contributed by atoms with Crippen LogP contribution in [0.25, 0.3) is 0 Å². The number of nitrogens with two attached hydrogens (primary N) is 1. The van der Waals surface area contributed by atoms with E-state index in [1.54, 1.807) is 0 Å². The molecule has 0 aliphatic carbocycles. The Bertz CT molecular complexity index is 410. The van der Waals surface area contributed by atoms with Crippen molar-refractivity contribution >= 4 is 34.5 Å². The fourth-order valence-electron chi connectivity index (χ4n) is 1.41. The second-order valence-electron chi connectivity index (χ2n) is 5.30. The molecule has 1 aromatic carbocycles. The Morgan fingerprint density at radius 3 is 2.53 bits per heavy atom. The zero-order valence-electron chi connectivity index (χ0n) is 10.5. The molecule has 0 heterocycles. The van der Waals surface area contributed by atoms with Crippen LogP contribution >= 0.6 is 23.8 Å². The monoisotopic (exact) mass is 270 g/mol. The lowest BCUT2D eigenvalue weighted by Gasteiger charge is -2.18. The molecule has 0 fully saturated rings. The first-order chi connectivity index (χ1) is 7.79. The summed E-state index contributed by atoms with van der Waals surface area (Å²) in [6, 6.07) is 5.66. The number of hydrogen-bond donors (Lipinski definition) is 2. The summed E-state index contributed by atoms with van der Waals surface area (Å²) < 4.78 is 0. The van der Waals surface area contributed by atoms with Crippen LogP contribution in [-0.4, -0.2) is 11.5 Å². The molecule has 3 N–H and O–H groups in total. The highest BCUT2D eigenvalue weighted by molar-refractivity contribution is 7.80. The third-order valence-corrected chi connectivity index (χ3v) is 2.97. The van der Waals surface area contributed by atoms with Crippen molar-refractivity contribution in [1.82, 2.24) is 0 Å². The summed E-state index contributed by atoms with van der Waals surface area (Å²) in [7, 11) is 0. The molecular formula is C13H19ClN2S. The van der Waals surface area contributed by atoms with Gasteiger partial charge in [-0.05, 0) is 30.0 Å². The number of rotatable bonds is 4. The first-order valence-corrected chi connectivity index (χ1v) is 6.41. The van der Waals surface area contributed by atoms with Crippen LogP contribution in [0.5, 0.6) is 0 Å². The fraction of sp³-hybridized carbons (Fsp3) is 0.462. The Balaban J connectivity index is 2.62. The quantitative estimate of drug-likeness (QED) is 0.817. The van der Waals surface area contributed by atoms with Crippen molar-refractivity contribution < 1.29 is 0 Å². The van der Waals surface area contributed by atoms with Gasteiger partial charge >= 0.3 is 0 Å². The molecule has 0 atom stereocenters. The van der Waals surface area contributed by atoms with E-state index in [1.807, 2.05) is 18.2 Å². The second-order valence-corrected chi connectivity index (χ2v) is 6.14. The Morgan fingerprint density at radius 2 is 2.06 bits per heavy atom. The SMILES string of the molecule is CC(C)(C)CCNc1ccc(C(N)=S)c(Cl)c1. The summed E-state index contributed by atoms with van der Waals surface area (Å²) in [6.07, 6.45) is 1.10. The summed E-state index contributed by atoms with van der Waals surface area (Å²) in [6.45, 7) is 7.58. The molecule has 2 nitrogen and oxygen atoms in total. The lowest BCUT2D eigenvalue weighted by Crippen LogP contribution is -2.13. The molecule has 4 heteroatoms. The summed E-state index contributed by atoms with van der Waals surface area (Å²) in [4.78, 5) is 0.330. The predicted molar refractivity (Wildman–Crippen MR) is 79.9 cm³/mol. The van der Waals surface area contributed by atoms with Gasteiger partial charge in [-0.25, -0.2) is 0 Å². The van der Waals surface area contributed by atoms with Gasteiger partial charge < -0.3 is 11.1 Å². The van der Waals surface area contributed by atoms with Crippen LogP contribution in [0.4, 0.5) is 5.69 Å². The first-order valence-electron chi connectivity index (χ1n) is 5.63. The van der Waals surface area contributed by atoms with Crippen molar-refractivity contribution in [3.8, 4) is 0 Å². The minimum absolute atomic E-state index is 0.329. The van der Waals surface area contributed by atoms with Gasteiger partial charge in [-0.1, -0.05) is 44.6 Å². The van der Waals surface area contributed by atoms with Gasteiger partial charge in [-0.3, -0.25) is 0 Å². The molecule has 0 aromatic heterocycles. The van der Waals surface area contributed by atoms with Crippen LogP contribution in [0.3, 0.4) is 0 Å². The van der Waals surface area contributed by atoms with Crippen LogP contribution in [0, 0.1) is 5.41 Å². The van der Waals surface area contributed by atoms with Crippen molar-refractivity contribution in [2.45, 2.75) is 27.2 Å². The summed E-state index contributed by atoms with van der Waals surface area (Å²) in [5.41, 5.74) is 7.60. The molecule has 94 valence electrons. The topological polar surface area (TPSA) is 38.0 Å². The van der Waals surface area contributed by atoms with Crippen molar-refractivity contribution in [3.63, 3.8) is 0 Å². The molecule has 0 unspecified atom stereocenters. The molecule has 0 spiro atoms. The number of hydrogen-bond acceptors (Lipinski definition) is 2. The highest BCUT2D eigenvalue weighted by atomic mass is 35.5. The molecule has 0 aliphatic heterocycles. The second kappa shape index (κ2) is 5.69. The maximum atomic E-state index is 6.09. The third kappa shape index (κ3) is 4.92. The average Bonchev–Trinajstić information content (AvgIpc) is 2.15. The van der Waals surface area contributed by atoms with Gasteiger partial charge in [0.05, 0.1) is 5.02 Å². The minimum Gasteiger partial charge on any atom is -0.389 e. The molecular weight excluding hydrogens is 252 g/mol. The van der Waals surface area contributed by atoms with E-state index >= 15 is 0 Å². The Kier molecular flexibility index (Phi) is 4.78. The zero-order valence-corrected chi connectivity index (χ0v) is 12.1. The van der Waals surface area contributed by atoms with Gasteiger partial charge in [0.25, 0.3) is 0 Å². The van der Waals surface area contributed by atoms with Crippen molar-refractivity contribution in [3.05, 3.63) is 28.8 Å². The predicted octanol–water partition coefficient (Wildman–Crippen LogP) is 3.82. The maximum absolute atomic E-state index is 6.09. The smallest absolute Gasteiger partial charge is 0.105 e. The number of nitrogens with one attached hydrogen (secondary N) is 1. The Morgan fingerprint density at radius 1 is 1.41 bits per heavy atom. The molecule has 0 radical (unpaired) electrons. The van der Waals surface area contributed by atoms with Gasteiger partial charge in [0, 0.05) is 17.8 Å². The number of halogens is 1. The van der Waals surface area contributed by atoms with Crippen LogP contribution in [-0.2, 0) is 0 Å². The number of benzene rings is 1. The summed E-state index contributed by atoms with van der Waals surface area (Å²) in [5.74, 6) is 0. The zero-order chi connectivity index (χ0) is 13.1. The van der Waals surface area contributed by atoms with Crippen LogP contribution in [0.2, 0.25) is 5.02 Å². The van der Waals surface area contributed by atoms with E-state index in [0.29, 0.717) is 15.4 Å². The largest absolute Gasteiger partial charge is 0.389 e. The van der Waals surface area contributed by atoms with E-state index in [2.05, 4.69) is 26.1 Å². The van der Waals surface area contributed by atoms with Crippen LogP contribution in [0.15, 0.2) is 18.2 Å². The normalized spacial score (nSPS) is 11.3. The summed E-state index contributed by atoms with van der Waals surface area (Å²) in [5, 5.41) is 3.94. The highest BCUT2D eigenvalue weighted by Gasteiger charge is 2.09. The number of anilines is 1. The molecule has 1 aromatic rings. The lowest BCUT2D eigenvalue weighted by atomic mass is 9.92. The standard InChI is InChI=1S/C13H19ClN2S/c1-13(2,3)6-7-16-9-4-5-10(12(15)17)11(14)8-9/h4-5,8,16H,6-7H2,1-3H3,(H2,15,17). The van der Waals surface area contributed by atoms with Crippen molar-refractivity contribution in [2.24, 2.45) is 11.1 Å². The molecule has 0 saturated carbocycles. The van der Waals surface area contributed by atoms with Crippen LogP contribution in [0.1, 0.15) is 32.8 Å². The molecule has 0 aliphatic rings. The lowest BCUT2D eigenvalue weighted by molar-refractivity contribution is 0.390. The maximum Gasteiger partial charge on any atom is 0.105 e. The number of thiocarbonyl (C=S) groups is 1. The third-order valence-electron chi connectivity index (χ3n) is 2.44. The fourth-order valence-corrected chi connectivity index (χ4v) is 1.92.